The number of carbonyl (C=O) groups is 1. The molecule has 0 radical (unpaired) electrons. The monoisotopic (exact) mass is 292 g/mol. The Balaban J connectivity index is 2.09. The second-order valence-corrected chi connectivity index (χ2v) is 5.24. The van der Waals surface area contributed by atoms with Gasteiger partial charge in [0, 0.05) is 18.7 Å². The maximum atomic E-state index is 12.4. The number of para-hydroxylation sites is 1. The lowest BCUT2D eigenvalue weighted by Crippen LogP contribution is -2.43. The highest BCUT2D eigenvalue weighted by atomic mass is 16.5. The fourth-order valence-electron chi connectivity index (χ4n) is 2.62. The van der Waals surface area contributed by atoms with Crippen molar-refractivity contribution in [2.24, 2.45) is 0 Å². The van der Waals surface area contributed by atoms with Gasteiger partial charge in [-0.1, -0.05) is 25.1 Å². The first-order valence-electron chi connectivity index (χ1n) is 7.64. The van der Waals surface area contributed by atoms with Crippen molar-refractivity contribution in [2.75, 3.05) is 26.3 Å². The minimum absolute atomic E-state index is 0.0161. The SMILES string of the molecule is CCCN(CCO)C(=O)NC1CCCOc2ccccc21. The molecule has 0 fully saturated rings. The molecule has 0 aliphatic carbocycles. The van der Waals surface area contributed by atoms with E-state index in [4.69, 9.17) is 9.84 Å². The summed E-state index contributed by atoms with van der Waals surface area (Å²) in [6.07, 6.45) is 2.65. The van der Waals surface area contributed by atoms with Crippen LogP contribution in [-0.4, -0.2) is 42.3 Å². The number of urea groups is 1. The molecule has 0 aromatic heterocycles. The molecule has 1 heterocycles. The highest BCUT2D eigenvalue weighted by Crippen LogP contribution is 2.31. The Morgan fingerprint density at radius 2 is 2.24 bits per heavy atom. The highest BCUT2D eigenvalue weighted by molar-refractivity contribution is 5.75. The molecule has 21 heavy (non-hydrogen) atoms. The van der Waals surface area contributed by atoms with Crippen LogP contribution in [0.25, 0.3) is 0 Å². The summed E-state index contributed by atoms with van der Waals surface area (Å²) in [5.74, 6) is 0.851. The number of amides is 2. The summed E-state index contributed by atoms with van der Waals surface area (Å²) in [5, 5.41) is 12.2. The first-order chi connectivity index (χ1) is 10.3. The number of carbonyl (C=O) groups excluding carboxylic acids is 1. The standard InChI is InChI=1S/C16H24N2O3/c1-2-9-18(10-11-19)16(20)17-14-7-5-12-21-15-8-4-3-6-13(14)15/h3-4,6,8,14,19H,2,5,7,9-12H2,1H3,(H,17,20). The van der Waals surface area contributed by atoms with Crippen molar-refractivity contribution in [1.82, 2.24) is 10.2 Å². The van der Waals surface area contributed by atoms with Crippen molar-refractivity contribution in [3.63, 3.8) is 0 Å². The average Bonchev–Trinajstić information content (AvgIpc) is 2.70. The zero-order chi connectivity index (χ0) is 15.1. The molecule has 0 saturated carbocycles. The van der Waals surface area contributed by atoms with Gasteiger partial charge in [-0.2, -0.15) is 0 Å². The van der Waals surface area contributed by atoms with Gasteiger partial charge in [0.05, 0.1) is 19.3 Å². The number of benzene rings is 1. The van der Waals surface area contributed by atoms with Crippen molar-refractivity contribution in [3.8, 4) is 5.75 Å². The molecular formula is C16H24N2O3. The minimum atomic E-state index is -0.118. The van der Waals surface area contributed by atoms with Crippen molar-refractivity contribution in [1.29, 1.82) is 0 Å². The van der Waals surface area contributed by atoms with Gasteiger partial charge in [0.15, 0.2) is 0 Å². The number of rotatable bonds is 5. The van der Waals surface area contributed by atoms with Gasteiger partial charge in [0.25, 0.3) is 0 Å². The Bertz CT molecular complexity index is 459. The Labute approximate surface area is 125 Å². The lowest BCUT2D eigenvalue weighted by Gasteiger charge is -2.25. The van der Waals surface area contributed by atoms with E-state index in [0.717, 1.165) is 30.6 Å². The summed E-state index contributed by atoms with van der Waals surface area (Å²) < 4.78 is 5.71. The Morgan fingerprint density at radius 3 is 3.00 bits per heavy atom. The maximum absolute atomic E-state index is 12.4. The molecule has 0 bridgehead atoms. The Kier molecular flexibility index (Phi) is 5.87. The normalized spacial score (nSPS) is 17.3. The van der Waals surface area contributed by atoms with Gasteiger partial charge < -0.3 is 20.1 Å². The summed E-state index contributed by atoms with van der Waals surface area (Å²) in [6.45, 7) is 3.70. The van der Waals surface area contributed by atoms with Crippen LogP contribution in [0.3, 0.4) is 0 Å². The summed E-state index contributed by atoms with van der Waals surface area (Å²) in [6, 6.07) is 7.70. The van der Waals surface area contributed by atoms with Crippen LogP contribution in [0.1, 0.15) is 37.8 Å². The third-order valence-corrected chi connectivity index (χ3v) is 3.64. The number of nitrogens with zero attached hydrogens (tertiary/aromatic N) is 1. The predicted molar refractivity (Wildman–Crippen MR) is 81.4 cm³/mol. The topological polar surface area (TPSA) is 61.8 Å². The first kappa shape index (κ1) is 15.6. The lowest BCUT2D eigenvalue weighted by atomic mass is 10.0. The molecule has 0 spiro atoms. The molecule has 1 aliphatic rings. The van der Waals surface area contributed by atoms with Crippen LogP contribution in [0, 0.1) is 0 Å². The summed E-state index contributed by atoms with van der Waals surface area (Å²) in [5.41, 5.74) is 1.03. The third kappa shape index (κ3) is 4.11. The van der Waals surface area contributed by atoms with Crippen molar-refractivity contribution in [3.05, 3.63) is 29.8 Å². The van der Waals surface area contributed by atoms with E-state index in [9.17, 15) is 4.79 Å². The summed E-state index contributed by atoms with van der Waals surface area (Å²) >= 11 is 0. The van der Waals surface area contributed by atoms with Crippen molar-refractivity contribution in [2.45, 2.75) is 32.2 Å². The average molecular weight is 292 g/mol. The minimum Gasteiger partial charge on any atom is -0.493 e. The second kappa shape index (κ2) is 7.88. The zero-order valence-corrected chi connectivity index (χ0v) is 12.5. The zero-order valence-electron chi connectivity index (χ0n) is 12.5. The van der Waals surface area contributed by atoms with Gasteiger partial charge >= 0.3 is 6.03 Å². The molecule has 5 nitrogen and oxygen atoms in total. The quantitative estimate of drug-likeness (QED) is 0.875. The number of fused-ring (bicyclic) bond motifs is 1. The van der Waals surface area contributed by atoms with Crippen LogP contribution in [0.15, 0.2) is 24.3 Å². The molecule has 2 N–H and O–H groups in total. The second-order valence-electron chi connectivity index (χ2n) is 5.24. The first-order valence-corrected chi connectivity index (χ1v) is 7.64. The number of ether oxygens (including phenoxy) is 1. The van der Waals surface area contributed by atoms with E-state index in [2.05, 4.69) is 5.32 Å². The van der Waals surface area contributed by atoms with Crippen LogP contribution in [0.4, 0.5) is 4.79 Å². The molecule has 1 atom stereocenters. The molecule has 2 amide bonds. The fourth-order valence-corrected chi connectivity index (χ4v) is 2.62. The molecule has 5 heteroatoms. The van der Waals surface area contributed by atoms with Gasteiger partial charge in [-0.3, -0.25) is 0 Å². The third-order valence-electron chi connectivity index (χ3n) is 3.64. The largest absolute Gasteiger partial charge is 0.493 e. The molecule has 0 saturated heterocycles. The number of aliphatic hydroxyl groups excluding tert-OH is 1. The van der Waals surface area contributed by atoms with E-state index in [-0.39, 0.29) is 18.7 Å². The molecule has 1 unspecified atom stereocenters. The van der Waals surface area contributed by atoms with Crippen LogP contribution in [0.2, 0.25) is 0 Å². The van der Waals surface area contributed by atoms with Crippen LogP contribution in [-0.2, 0) is 0 Å². The van der Waals surface area contributed by atoms with Crippen LogP contribution in [0.5, 0.6) is 5.75 Å². The molecule has 2 rings (SSSR count). The van der Waals surface area contributed by atoms with E-state index in [1.165, 1.54) is 0 Å². The molecule has 1 aromatic carbocycles. The lowest BCUT2D eigenvalue weighted by molar-refractivity contribution is 0.173. The maximum Gasteiger partial charge on any atom is 0.317 e. The van der Waals surface area contributed by atoms with E-state index < -0.39 is 0 Å². The molecule has 1 aliphatic heterocycles. The van der Waals surface area contributed by atoms with E-state index in [0.29, 0.717) is 19.7 Å². The van der Waals surface area contributed by atoms with Gasteiger partial charge in [-0.25, -0.2) is 4.79 Å². The highest BCUT2D eigenvalue weighted by Gasteiger charge is 2.23. The number of hydrogen-bond donors (Lipinski definition) is 2. The Hall–Kier alpha value is -1.75. The molecule has 1 aromatic rings. The van der Waals surface area contributed by atoms with Crippen molar-refractivity contribution >= 4 is 6.03 Å². The van der Waals surface area contributed by atoms with Gasteiger partial charge in [0.1, 0.15) is 5.75 Å². The van der Waals surface area contributed by atoms with E-state index >= 15 is 0 Å². The number of nitrogens with one attached hydrogen (secondary N) is 1. The number of aliphatic hydroxyl groups is 1. The van der Waals surface area contributed by atoms with Gasteiger partial charge in [-0.15, -0.1) is 0 Å². The molecular weight excluding hydrogens is 268 g/mol. The number of hydrogen-bond acceptors (Lipinski definition) is 3. The van der Waals surface area contributed by atoms with Crippen molar-refractivity contribution < 1.29 is 14.6 Å². The van der Waals surface area contributed by atoms with Crippen LogP contribution >= 0.6 is 0 Å². The fraction of sp³-hybridized carbons (Fsp3) is 0.562. The Morgan fingerprint density at radius 1 is 1.43 bits per heavy atom. The predicted octanol–water partition coefficient (Wildman–Crippen LogP) is 2.31. The van der Waals surface area contributed by atoms with Gasteiger partial charge in [-0.05, 0) is 25.3 Å². The summed E-state index contributed by atoms with van der Waals surface area (Å²) in [4.78, 5) is 14.0. The van der Waals surface area contributed by atoms with E-state index in [1.807, 2.05) is 31.2 Å². The van der Waals surface area contributed by atoms with Crippen LogP contribution < -0.4 is 10.1 Å². The summed E-state index contributed by atoms with van der Waals surface area (Å²) in [7, 11) is 0. The van der Waals surface area contributed by atoms with E-state index in [1.54, 1.807) is 4.90 Å². The van der Waals surface area contributed by atoms with Gasteiger partial charge in [0.2, 0.25) is 0 Å². The smallest absolute Gasteiger partial charge is 0.317 e. The molecule has 116 valence electrons.